The van der Waals surface area contributed by atoms with Crippen LogP contribution in [0.25, 0.3) is 5.88 Å². The molecule has 0 aromatic carbocycles. The van der Waals surface area contributed by atoms with E-state index in [1.54, 1.807) is 10.9 Å². The van der Waals surface area contributed by atoms with Crippen LogP contribution >= 0.6 is 0 Å². The van der Waals surface area contributed by atoms with Crippen LogP contribution in [0.4, 0.5) is 0 Å². The van der Waals surface area contributed by atoms with E-state index in [0.29, 0.717) is 0 Å². The number of unbranched alkanes of at least 4 members (excludes halogenated alkanes) is 1. The Labute approximate surface area is 83.3 Å². The summed E-state index contributed by atoms with van der Waals surface area (Å²) >= 11 is 0. The molecule has 2 aromatic rings. The van der Waals surface area contributed by atoms with Crippen molar-refractivity contribution < 1.29 is 4.42 Å². The zero-order valence-electron chi connectivity index (χ0n) is 8.31. The summed E-state index contributed by atoms with van der Waals surface area (Å²) in [5, 5.41) is 4.41. The van der Waals surface area contributed by atoms with Crippen molar-refractivity contribution in [3.05, 3.63) is 36.4 Å². The standard InChI is InChI=1S/C11H14N2O/c1-2-3-5-10-7-8-13(12-10)11-6-4-9-14-11/h4,6-9H,2-3,5H2,1H3. The fourth-order valence-electron chi connectivity index (χ4n) is 1.38. The van der Waals surface area contributed by atoms with Gasteiger partial charge in [0.25, 0.3) is 0 Å². The molecule has 14 heavy (non-hydrogen) atoms. The molecule has 0 spiro atoms. The number of hydrogen-bond acceptors (Lipinski definition) is 2. The van der Waals surface area contributed by atoms with Crippen molar-refractivity contribution in [2.45, 2.75) is 26.2 Å². The minimum absolute atomic E-state index is 0.771. The van der Waals surface area contributed by atoms with Crippen molar-refractivity contribution in [2.75, 3.05) is 0 Å². The fraction of sp³-hybridized carbons (Fsp3) is 0.364. The summed E-state index contributed by atoms with van der Waals surface area (Å²) in [6, 6.07) is 5.80. The summed E-state index contributed by atoms with van der Waals surface area (Å²) < 4.78 is 7.01. The number of nitrogens with zero attached hydrogens (tertiary/aromatic N) is 2. The largest absolute Gasteiger partial charge is 0.447 e. The van der Waals surface area contributed by atoms with E-state index in [9.17, 15) is 0 Å². The van der Waals surface area contributed by atoms with Gasteiger partial charge in [-0.05, 0) is 25.0 Å². The van der Waals surface area contributed by atoms with Crippen LogP contribution < -0.4 is 0 Å². The molecule has 0 N–H and O–H groups in total. The lowest BCUT2D eigenvalue weighted by atomic mass is 10.2. The lowest BCUT2D eigenvalue weighted by molar-refractivity contribution is 0.520. The second-order valence-electron chi connectivity index (χ2n) is 3.31. The van der Waals surface area contributed by atoms with Gasteiger partial charge in [-0.3, -0.25) is 0 Å². The molecule has 2 heterocycles. The molecule has 2 aromatic heterocycles. The SMILES string of the molecule is CCCCc1ccn(-c2ccco2)n1. The van der Waals surface area contributed by atoms with Gasteiger partial charge in [-0.2, -0.15) is 5.10 Å². The van der Waals surface area contributed by atoms with E-state index in [1.165, 1.54) is 12.8 Å². The Hall–Kier alpha value is -1.51. The number of furan rings is 1. The van der Waals surface area contributed by atoms with Gasteiger partial charge in [-0.25, -0.2) is 4.68 Å². The van der Waals surface area contributed by atoms with Crippen molar-refractivity contribution in [2.24, 2.45) is 0 Å². The van der Waals surface area contributed by atoms with Gasteiger partial charge in [0.05, 0.1) is 12.0 Å². The van der Waals surface area contributed by atoms with Crippen LogP contribution in [0.2, 0.25) is 0 Å². The highest BCUT2D eigenvalue weighted by atomic mass is 16.3. The van der Waals surface area contributed by atoms with Gasteiger partial charge in [0.2, 0.25) is 5.88 Å². The maximum absolute atomic E-state index is 5.24. The Morgan fingerprint density at radius 2 is 2.36 bits per heavy atom. The molecule has 0 aliphatic carbocycles. The number of rotatable bonds is 4. The molecule has 0 amide bonds. The molecule has 0 fully saturated rings. The molecule has 0 bridgehead atoms. The zero-order valence-corrected chi connectivity index (χ0v) is 8.31. The van der Waals surface area contributed by atoms with Crippen molar-refractivity contribution >= 4 is 0 Å². The Balaban J connectivity index is 2.10. The summed E-state index contributed by atoms with van der Waals surface area (Å²) in [5.74, 6) is 0.771. The van der Waals surface area contributed by atoms with E-state index in [4.69, 9.17) is 4.42 Å². The molecule has 0 saturated heterocycles. The van der Waals surface area contributed by atoms with Crippen LogP contribution in [0, 0.1) is 0 Å². The summed E-state index contributed by atoms with van der Waals surface area (Å²) in [5.41, 5.74) is 1.13. The van der Waals surface area contributed by atoms with E-state index in [0.717, 1.165) is 18.0 Å². The molecular weight excluding hydrogens is 176 g/mol. The molecule has 2 rings (SSSR count). The van der Waals surface area contributed by atoms with Crippen molar-refractivity contribution in [1.29, 1.82) is 0 Å². The lowest BCUT2D eigenvalue weighted by Crippen LogP contribution is -1.94. The van der Waals surface area contributed by atoms with Crippen LogP contribution in [0.15, 0.2) is 35.1 Å². The molecule has 3 nitrogen and oxygen atoms in total. The van der Waals surface area contributed by atoms with Gasteiger partial charge in [0, 0.05) is 12.3 Å². The fourth-order valence-corrected chi connectivity index (χ4v) is 1.38. The van der Waals surface area contributed by atoms with Gasteiger partial charge >= 0.3 is 0 Å². The molecule has 0 atom stereocenters. The van der Waals surface area contributed by atoms with Crippen molar-refractivity contribution in [3.63, 3.8) is 0 Å². The molecular formula is C11H14N2O. The van der Waals surface area contributed by atoms with E-state index in [2.05, 4.69) is 12.0 Å². The summed E-state index contributed by atoms with van der Waals surface area (Å²) in [4.78, 5) is 0. The average molecular weight is 190 g/mol. The van der Waals surface area contributed by atoms with E-state index >= 15 is 0 Å². The predicted molar refractivity (Wildman–Crippen MR) is 54.4 cm³/mol. The van der Waals surface area contributed by atoms with Crippen LogP contribution in [-0.2, 0) is 6.42 Å². The number of aryl methyl sites for hydroxylation is 1. The highest BCUT2D eigenvalue weighted by molar-refractivity contribution is 5.17. The minimum atomic E-state index is 0.771. The Morgan fingerprint density at radius 3 is 3.07 bits per heavy atom. The first kappa shape index (κ1) is 9.06. The van der Waals surface area contributed by atoms with Gasteiger partial charge in [-0.1, -0.05) is 13.3 Å². The molecule has 0 aliphatic heterocycles. The van der Waals surface area contributed by atoms with Crippen molar-refractivity contribution in [1.82, 2.24) is 9.78 Å². The molecule has 0 aliphatic rings. The van der Waals surface area contributed by atoms with E-state index < -0.39 is 0 Å². The number of aromatic nitrogens is 2. The van der Waals surface area contributed by atoms with Crippen LogP contribution in [0.3, 0.4) is 0 Å². The highest BCUT2D eigenvalue weighted by Gasteiger charge is 2.01. The van der Waals surface area contributed by atoms with E-state index in [-0.39, 0.29) is 0 Å². The molecule has 0 unspecified atom stereocenters. The van der Waals surface area contributed by atoms with Crippen LogP contribution in [-0.4, -0.2) is 9.78 Å². The summed E-state index contributed by atoms with van der Waals surface area (Å²) in [7, 11) is 0. The van der Waals surface area contributed by atoms with E-state index in [1.807, 2.05) is 24.4 Å². The monoisotopic (exact) mass is 190 g/mol. The van der Waals surface area contributed by atoms with Gasteiger partial charge in [-0.15, -0.1) is 0 Å². The normalized spacial score (nSPS) is 10.6. The maximum Gasteiger partial charge on any atom is 0.219 e. The second-order valence-corrected chi connectivity index (χ2v) is 3.31. The van der Waals surface area contributed by atoms with Gasteiger partial charge < -0.3 is 4.42 Å². The van der Waals surface area contributed by atoms with Gasteiger partial charge in [0.1, 0.15) is 0 Å². The summed E-state index contributed by atoms with van der Waals surface area (Å²) in [6.07, 6.45) is 7.03. The maximum atomic E-state index is 5.24. The second kappa shape index (κ2) is 4.13. The topological polar surface area (TPSA) is 31.0 Å². The smallest absolute Gasteiger partial charge is 0.219 e. The highest BCUT2D eigenvalue weighted by Crippen LogP contribution is 2.09. The summed E-state index contributed by atoms with van der Waals surface area (Å²) in [6.45, 7) is 2.18. The quantitative estimate of drug-likeness (QED) is 0.742. The van der Waals surface area contributed by atoms with Crippen LogP contribution in [0.5, 0.6) is 0 Å². The Kier molecular flexibility index (Phi) is 2.68. The predicted octanol–water partition coefficient (Wildman–Crippen LogP) is 2.81. The molecule has 74 valence electrons. The number of hydrogen-bond donors (Lipinski definition) is 0. The molecule has 0 saturated carbocycles. The Bertz CT molecular complexity index is 376. The molecule has 3 heteroatoms. The van der Waals surface area contributed by atoms with Crippen LogP contribution in [0.1, 0.15) is 25.5 Å². The molecule has 0 radical (unpaired) electrons. The third-order valence-electron chi connectivity index (χ3n) is 2.16. The average Bonchev–Trinajstić information content (AvgIpc) is 2.85. The van der Waals surface area contributed by atoms with Gasteiger partial charge in [0.15, 0.2) is 0 Å². The minimum Gasteiger partial charge on any atom is -0.447 e. The first-order chi connectivity index (χ1) is 6.90. The first-order valence-electron chi connectivity index (χ1n) is 4.98. The third kappa shape index (κ3) is 1.87. The first-order valence-corrected chi connectivity index (χ1v) is 4.98. The lowest BCUT2D eigenvalue weighted by Gasteiger charge is -1.94. The zero-order chi connectivity index (χ0) is 9.80. The third-order valence-corrected chi connectivity index (χ3v) is 2.16. The van der Waals surface area contributed by atoms with Crippen molar-refractivity contribution in [3.8, 4) is 5.88 Å². The Morgan fingerprint density at radius 1 is 1.43 bits per heavy atom.